The molecule has 2 heterocycles. The van der Waals surface area contributed by atoms with Gasteiger partial charge in [-0.25, -0.2) is 0 Å². The Balaban J connectivity index is 1.64. The van der Waals surface area contributed by atoms with E-state index in [2.05, 4.69) is 5.32 Å². The van der Waals surface area contributed by atoms with Crippen molar-refractivity contribution in [3.8, 4) is 0 Å². The Morgan fingerprint density at radius 3 is 2.65 bits per heavy atom. The van der Waals surface area contributed by atoms with Gasteiger partial charge in [-0.05, 0) is 18.4 Å². The van der Waals surface area contributed by atoms with Crippen LogP contribution in [-0.2, 0) is 20.9 Å². The number of amides is 3. The smallest absolute Gasteiger partial charge is 0.245 e. The highest BCUT2D eigenvalue weighted by Crippen LogP contribution is 2.40. The second kappa shape index (κ2) is 7.09. The normalized spacial score (nSPS) is 25.0. The van der Waals surface area contributed by atoms with Gasteiger partial charge in [0.15, 0.2) is 0 Å². The Hall–Kier alpha value is -2.37. The molecule has 6 heteroatoms. The number of carbonyl (C=O) groups excluding carboxylic acids is 3. The summed E-state index contributed by atoms with van der Waals surface area (Å²) in [6.07, 6.45) is 1.09. The topological polar surface area (TPSA) is 69.7 Å². The van der Waals surface area contributed by atoms with E-state index in [9.17, 15) is 14.4 Å². The summed E-state index contributed by atoms with van der Waals surface area (Å²) in [4.78, 5) is 41.1. The fraction of sp³-hybridized carbons (Fsp3) is 0.550. The third-order valence-electron chi connectivity index (χ3n) is 5.48. The van der Waals surface area contributed by atoms with E-state index < -0.39 is 11.5 Å². The molecule has 1 spiro atoms. The van der Waals surface area contributed by atoms with Gasteiger partial charge in [0.25, 0.3) is 0 Å². The number of rotatable bonds is 4. The van der Waals surface area contributed by atoms with E-state index in [0.717, 1.165) is 5.56 Å². The van der Waals surface area contributed by atoms with E-state index in [1.54, 1.807) is 16.8 Å². The Morgan fingerprint density at radius 2 is 2.00 bits per heavy atom. The molecule has 0 aliphatic carbocycles. The molecular formula is C20H27N3O3. The van der Waals surface area contributed by atoms with Crippen LogP contribution in [0.1, 0.15) is 32.3 Å². The summed E-state index contributed by atoms with van der Waals surface area (Å²) in [6.45, 7) is 5.25. The fourth-order valence-electron chi connectivity index (χ4n) is 3.97. The predicted molar refractivity (Wildman–Crippen MR) is 97.9 cm³/mol. The van der Waals surface area contributed by atoms with Gasteiger partial charge in [-0.1, -0.05) is 44.2 Å². The number of nitrogens with one attached hydrogen (secondary N) is 1. The molecule has 140 valence electrons. The largest absolute Gasteiger partial charge is 0.344 e. The summed E-state index contributed by atoms with van der Waals surface area (Å²) in [5.41, 5.74) is 0.440. The maximum Gasteiger partial charge on any atom is 0.245 e. The number of benzene rings is 1. The van der Waals surface area contributed by atoms with Crippen LogP contribution in [0.4, 0.5) is 0 Å². The molecule has 2 aliphatic heterocycles. The minimum atomic E-state index is -0.613. The van der Waals surface area contributed by atoms with Crippen molar-refractivity contribution in [1.29, 1.82) is 0 Å². The van der Waals surface area contributed by atoms with Gasteiger partial charge < -0.3 is 15.1 Å². The van der Waals surface area contributed by atoms with Gasteiger partial charge in [0.2, 0.25) is 17.7 Å². The van der Waals surface area contributed by atoms with E-state index >= 15 is 0 Å². The highest BCUT2D eigenvalue weighted by molar-refractivity contribution is 5.95. The molecule has 1 aromatic carbocycles. The van der Waals surface area contributed by atoms with Crippen molar-refractivity contribution in [3.63, 3.8) is 0 Å². The van der Waals surface area contributed by atoms with Crippen molar-refractivity contribution < 1.29 is 14.4 Å². The first kappa shape index (κ1) is 18.4. The van der Waals surface area contributed by atoms with Crippen LogP contribution >= 0.6 is 0 Å². The molecule has 2 saturated heterocycles. The summed E-state index contributed by atoms with van der Waals surface area (Å²) < 4.78 is 0. The Kier molecular flexibility index (Phi) is 5.03. The molecule has 3 amide bonds. The monoisotopic (exact) mass is 357 g/mol. The molecule has 26 heavy (non-hydrogen) atoms. The van der Waals surface area contributed by atoms with Crippen LogP contribution in [0.2, 0.25) is 0 Å². The zero-order valence-corrected chi connectivity index (χ0v) is 15.7. The summed E-state index contributed by atoms with van der Waals surface area (Å²) >= 11 is 0. The van der Waals surface area contributed by atoms with Crippen LogP contribution in [0.15, 0.2) is 30.3 Å². The number of hydrogen-bond acceptors (Lipinski definition) is 3. The van der Waals surface area contributed by atoms with Crippen molar-refractivity contribution in [2.24, 2.45) is 11.3 Å². The number of hydrogen-bond donors (Lipinski definition) is 1. The van der Waals surface area contributed by atoms with Crippen LogP contribution in [-0.4, -0.2) is 53.7 Å². The van der Waals surface area contributed by atoms with E-state index in [0.29, 0.717) is 32.5 Å². The summed E-state index contributed by atoms with van der Waals surface area (Å²) in [6, 6.07) is 9.27. The lowest BCUT2D eigenvalue weighted by molar-refractivity contribution is -0.135. The highest BCUT2D eigenvalue weighted by atomic mass is 16.2. The lowest BCUT2D eigenvalue weighted by Gasteiger charge is -2.23. The molecule has 6 nitrogen and oxygen atoms in total. The molecule has 1 aromatic rings. The van der Waals surface area contributed by atoms with Crippen molar-refractivity contribution in [3.05, 3.63) is 35.9 Å². The standard InChI is InChI=1S/C20H27N3O3/c1-14(2)17(24)23-10-9-20(13-23)11-16(21-19(20)26)18(25)22(3)12-15-7-5-4-6-8-15/h4-8,14,16H,9-13H2,1-3H3,(H,21,26)/t16-,20-/m0/s1. The van der Waals surface area contributed by atoms with E-state index in [4.69, 9.17) is 0 Å². The van der Waals surface area contributed by atoms with Crippen molar-refractivity contribution in [1.82, 2.24) is 15.1 Å². The predicted octanol–water partition coefficient (Wildman–Crippen LogP) is 1.41. The number of likely N-dealkylation sites (N-methyl/N-ethyl adjacent to an activating group) is 1. The average Bonchev–Trinajstić information content (AvgIpc) is 3.19. The van der Waals surface area contributed by atoms with Crippen LogP contribution in [0.25, 0.3) is 0 Å². The molecule has 0 unspecified atom stereocenters. The molecule has 0 bridgehead atoms. The summed E-state index contributed by atoms with van der Waals surface area (Å²) in [5.74, 6) is -0.176. The van der Waals surface area contributed by atoms with Crippen LogP contribution in [0, 0.1) is 11.3 Å². The van der Waals surface area contributed by atoms with Gasteiger partial charge >= 0.3 is 0 Å². The van der Waals surface area contributed by atoms with Crippen molar-refractivity contribution in [2.45, 2.75) is 39.3 Å². The van der Waals surface area contributed by atoms with E-state index in [1.165, 1.54) is 0 Å². The fourth-order valence-corrected chi connectivity index (χ4v) is 3.97. The van der Waals surface area contributed by atoms with Gasteiger partial charge in [0.05, 0.1) is 5.41 Å². The molecule has 3 rings (SSSR count). The van der Waals surface area contributed by atoms with Crippen LogP contribution in [0.3, 0.4) is 0 Å². The highest BCUT2D eigenvalue weighted by Gasteiger charge is 2.53. The first-order valence-electron chi connectivity index (χ1n) is 9.21. The lowest BCUT2D eigenvalue weighted by atomic mass is 9.83. The molecule has 1 N–H and O–H groups in total. The molecule has 2 aliphatic rings. The van der Waals surface area contributed by atoms with Crippen LogP contribution < -0.4 is 5.32 Å². The zero-order valence-electron chi connectivity index (χ0n) is 15.7. The maximum atomic E-state index is 12.8. The lowest BCUT2D eigenvalue weighted by Crippen LogP contribution is -2.42. The van der Waals surface area contributed by atoms with E-state index in [-0.39, 0.29) is 23.6 Å². The molecule has 2 atom stereocenters. The number of likely N-dealkylation sites (tertiary alicyclic amines) is 1. The van der Waals surface area contributed by atoms with Gasteiger partial charge in [-0.2, -0.15) is 0 Å². The second-order valence-electron chi connectivity index (χ2n) is 7.85. The van der Waals surface area contributed by atoms with E-state index in [1.807, 2.05) is 44.2 Å². The first-order valence-corrected chi connectivity index (χ1v) is 9.21. The molecule has 0 aromatic heterocycles. The number of carbonyl (C=O) groups is 3. The molecular weight excluding hydrogens is 330 g/mol. The summed E-state index contributed by atoms with van der Waals surface area (Å²) in [5, 5.41) is 2.87. The van der Waals surface area contributed by atoms with Gasteiger partial charge in [0, 0.05) is 32.6 Å². The molecule has 0 radical (unpaired) electrons. The Morgan fingerprint density at radius 1 is 1.31 bits per heavy atom. The Labute approximate surface area is 154 Å². The maximum absolute atomic E-state index is 12.8. The quantitative estimate of drug-likeness (QED) is 0.886. The number of nitrogens with zero attached hydrogens (tertiary/aromatic N) is 2. The van der Waals surface area contributed by atoms with Gasteiger partial charge in [-0.3, -0.25) is 14.4 Å². The minimum Gasteiger partial charge on any atom is -0.344 e. The zero-order chi connectivity index (χ0) is 18.9. The van der Waals surface area contributed by atoms with Crippen molar-refractivity contribution in [2.75, 3.05) is 20.1 Å². The van der Waals surface area contributed by atoms with Crippen molar-refractivity contribution >= 4 is 17.7 Å². The summed E-state index contributed by atoms with van der Waals surface area (Å²) in [7, 11) is 1.76. The van der Waals surface area contributed by atoms with Gasteiger partial charge in [-0.15, -0.1) is 0 Å². The minimum absolute atomic E-state index is 0.0747. The SMILES string of the molecule is CC(C)C(=O)N1CC[C@]2(C[C@@H](C(=O)N(C)Cc3ccccc3)NC2=O)C1. The van der Waals surface area contributed by atoms with Crippen LogP contribution in [0.5, 0.6) is 0 Å². The van der Waals surface area contributed by atoms with Gasteiger partial charge in [0.1, 0.15) is 6.04 Å². The Bertz CT molecular complexity index is 704. The average molecular weight is 357 g/mol. The molecule has 2 fully saturated rings. The molecule has 0 saturated carbocycles. The second-order valence-corrected chi connectivity index (χ2v) is 7.85. The third kappa shape index (κ3) is 3.45. The third-order valence-corrected chi connectivity index (χ3v) is 5.48. The first-order chi connectivity index (χ1) is 12.3.